The summed E-state index contributed by atoms with van der Waals surface area (Å²) in [5, 5.41) is 0. The third-order valence-electron chi connectivity index (χ3n) is 12.5. The highest BCUT2D eigenvalue weighted by molar-refractivity contribution is 5.41. The molecule has 0 aromatic rings. The summed E-state index contributed by atoms with van der Waals surface area (Å²) in [7, 11) is 0. The highest BCUT2D eigenvalue weighted by atomic mass is 15.0. The van der Waals surface area contributed by atoms with Gasteiger partial charge < -0.3 is 0 Å². The molecule has 8 atom stereocenters. The van der Waals surface area contributed by atoms with Crippen LogP contribution in [-0.2, 0) is 0 Å². The SMILES string of the molecule is C.C.C#CC1=CC=C([N+](=C)/C(=C\C)[C@H]2CC[C@H]3C4CC[C@@H]5CC(C)(CCC)CCC5(C)[C@H]4CCC23C)CC=C1. The fraction of sp³-hybridized carbons (Fsp3) is 0.711. The van der Waals surface area contributed by atoms with Crippen molar-refractivity contribution in [2.45, 2.75) is 127 Å². The lowest BCUT2D eigenvalue weighted by Gasteiger charge is -2.62. The summed E-state index contributed by atoms with van der Waals surface area (Å²) in [5.74, 6) is 7.09. The molecule has 0 amide bonds. The van der Waals surface area contributed by atoms with Crippen molar-refractivity contribution >= 4 is 6.72 Å². The Morgan fingerprint density at radius 2 is 1.77 bits per heavy atom. The highest BCUT2D eigenvalue weighted by Crippen LogP contribution is 2.69. The Balaban J connectivity index is 0.00000210. The number of allylic oxidation sites excluding steroid dienone is 7. The molecule has 0 bridgehead atoms. The molecule has 1 nitrogen and oxygen atoms in total. The average molecular weight is 531 g/mol. The van der Waals surface area contributed by atoms with Crippen LogP contribution in [0.15, 0.2) is 47.3 Å². The maximum absolute atomic E-state index is 5.66. The van der Waals surface area contributed by atoms with E-state index < -0.39 is 0 Å². The molecule has 1 heteroatoms. The minimum absolute atomic E-state index is 0. The third kappa shape index (κ3) is 5.32. The lowest BCUT2D eigenvalue weighted by molar-refractivity contribution is -0.427. The zero-order chi connectivity index (χ0) is 26.4. The molecule has 4 unspecified atom stereocenters. The summed E-state index contributed by atoms with van der Waals surface area (Å²) in [5.41, 5.74) is 5.21. The molecule has 0 radical (unpaired) electrons. The first-order valence-corrected chi connectivity index (χ1v) is 15.5. The van der Waals surface area contributed by atoms with E-state index in [1.54, 1.807) is 0 Å². The molecule has 0 spiro atoms. The van der Waals surface area contributed by atoms with Crippen molar-refractivity contribution in [3.63, 3.8) is 0 Å². The number of nitrogens with zero attached hydrogens (tertiary/aromatic N) is 1. The topological polar surface area (TPSA) is 3.01 Å². The maximum atomic E-state index is 5.66. The monoisotopic (exact) mass is 530 g/mol. The van der Waals surface area contributed by atoms with E-state index in [4.69, 9.17) is 6.42 Å². The molecule has 0 N–H and O–H groups in total. The van der Waals surface area contributed by atoms with Crippen LogP contribution < -0.4 is 0 Å². The standard InChI is InChI=1S/C36H52N.2CH4/c1-8-21-34(4)23-24-35(5)27(25-34)15-17-29-30-18-19-32(36(30,6)22-20-31(29)35)33(10-3)37(7)28-13-11-12-26(9-2)14-16-28;;/h2,10-12,14,16,27,29-32H,7-8,13,15,17-25H2,1,3-6H3;2*1H4/q+1;;/b33-10-;;/t27-,29?,30+,31+,32-,34?,35?,36?;;/m1../s1. The van der Waals surface area contributed by atoms with Crippen LogP contribution in [0.4, 0.5) is 0 Å². The largest absolute Gasteiger partial charge is 0.190 e. The average Bonchev–Trinajstić information content (AvgIpc) is 3.06. The minimum Gasteiger partial charge on any atom is -0.175 e. The second kappa shape index (κ2) is 12.0. The van der Waals surface area contributed by atoms with E-state index in [-0.39, 0.29) is 14.9 Å². The Hall–Kier alpha value is -1.81. The van der Waals surface area contributed by atoms with Crippen molar-refractivity contribution in [2.75, 3.05) is 0 Å². The molecule has 4 saturated carbocycles. The Kier molecular flexibility index (Phi) is 9.73. The van der Waals surface area contributed by atoms with Gasteiger partial charge in [0.2, 0.25) is 0 Å². The van der Waals surface area contributed by atoms with Crippen LogP contribution in [0, 0.1) is 58.2 Å². The first kappa shape index (κ1) is 31.7. The van der Waals surface area contributed by atoms with Crippen LogP contribution in [0.25, 0.3) is 0 Å². The van der Waals surface area contributed by atoms with Gasteiger partial charge in [-0.15, -0.1) is 6.42 Å². The summed E-state index contributed by atoms with van der Waals surface area (Å²) in [6.07, 6.45) is 33.1. The van der Waals surface area contributed by atoms with Crippen molar-refractivity contribution in [3.8, 4) is 12.3 Å². The number of hydrogen-bond acceptors (Lipinski definition) is 0. The van der Waals surface area contributed by atoms with Crippen LogP contribution >= 0.6 is 0 Å². The maximum Gasteiger partial charge on any atom is 0.190 e. The van der Waals surface area contributed by atoms with Crippen molar-refractivity contribution in [3.05, 3.63) is 47.3 Å². The molecule has 5 aliphatic carbocycles. The predicted molar refractivity (Wildman–Crippen MR) is 172 cm³/mol. The fourth-order valence-electron chi connectivity index (χ4n) is 10.5. The van der Waals surface area contributed by atoms with Gasteiger partial charge in [-0.2, -0.15) is 4.58 Å². The van der Waals surface area contributed by atoms with Crippen LogP contribution in [0.5, 0.6) is 0 Å². The second-order valence-corrected chi connectivity index (χ2v) is 14.3. The van der Waals surface area contributed by atoms with E-state index in [0.29, 0.717) is 22.2 Å². The van der Waals surface area contributed by atoms with Crippen molar-refractivity contribution in [1.82, 2.24) is 0 Å². The van der Waals surface area contributed by atoms with Crippen molar-refractivity contribution < 1.29 is 4.58 Å². The molecule has 5 aliphatic rings. The molecule has 216 valence electrons. The van der Waals surface area contributed by atoms with Gasteiger partial charge in [0.05, 0.1) is 6.42 Å². The number of terminal acetylenes is 1. The first-order chi connectivity index (χ1) is 17.7. The molecule has 0 aromatic carbocycles. The van der Waals surface area contributed by atoms with E-state index >= 15 is 0 Å². The predicted octanol–water partition coefficient (Wildman–Crippen LogP) is 10.7. The van der Waals surface area contributed by atoms with E-state index in [9.17, 15) is 0 Å². The Morgan fingerprint density at radius 1 is 1.03 bits per heavy atom. The normalized spacial score (nSPS) is 41.2. The van der Waals surface area contributed by atoms with Crippen molar-refractivity contribution in [2.24, 2.45) is 45.8 Å². The molecule has 39 heavy (non-hydrogen) atoms. The molecular formula is C38H60N+. The summed E-state index contributed by atoms with van der Waals surface area (Å²) >= 11 is 0. The Labute approximate surface area is 243 Å². The third-order valence-corrected chi connectivity index (χ3v) is 12.5. The Bertz CT molecular complexity index is 1080. The molecule has 0 aromatic heterocycles. The zero-order valence-corrected chi connectivity index (χ0v) is 24.5. The van der Waals surface area contributed by atoms with Gasteiger partial charge in [0.1, 0.15) is 6.72 Å². The van der Waals surface area contributed by atoms with Gasteiger partial charge in [-0.1, -0.05) is 61.0 Å². The van der Waals surface area contributed by atoms with Gasteiger partial charge in [0, 0.05) is 17.6 Å². The smallest absolute Gasteiger partial charge is 0.175 e. The summed E-state index contributed by atoms with van der Waals surface area (Å²) in [6.45, 7) is 17.2. The minimum atomic E-state index is 0. The summed E-state index contributed by atoms with van der Waals surface area (Å²) < 4.78 is 2.26. The van der Waals surface area contributed by atoms with Gasteiger partial charge >= 0.3 is 0 Å². The molecule has 0 saturated heterocycles. The van der Waals surface area contributed by atoms with Gasteiger partial charge in [0.15, 0.2) is 11.4 Å². The molecule has 4 fully saturated rings. The highest BCUT2D eigenvalue weighted by Gasteiger charge is 2.62. The van der Waals surface area contributed by atoms with Crippen LogP contribution in [0.2, 0.25) is 0 Å². The van der Waals surface area contributed by atoms with E-state index in [0.717, 1.165) is 35.7 Å². The van der Waals surface area contributed by atoms with E-state index in [1.165, 1.54) is 82.0 Å². The van der Waals surface area contributed by atoms with Gasteiger partial charge in [-0.05, 0) is 129 Å². The molecular weight excluding hydrogens is 470 g/mol. The lowest BCUT2D eigenvalue weighted by atomic mass is 9.43. The number of hydrogen-bond donors (Lipinski definition) is 0. The first-order valence-electron chi connectivity index (χ1n) is 15.5. The molecule has 0 heterocycles. The zero-order valence-electron chi connectivity index (χ0n) is 24.5. The van der Waals surface area contributed by atoms with Crippen LogP contribution in [0.1, 0.15) is 127 Å². The van der Waals surface area contributed by atoms with E-state index in [1.807, 2.05) is 0 Å². The van der Waals surface area contributed by atoms with Gasteiger partial charge in [0.25, 0.3) is 0 Å². The quantitative estimate of drug-likeness (QED) is 0.189. The molecule has 5 rings (SSSR count). The fourth-order valence-corrected chi connectivity index (χ4v) is 10.5. The van der Waals surface area contributed by atoms with Crippen LogP contribution in [0.3, 0.4) is 0 Å². The van der Waals surface area contributed by atoms with Gasteiger partial charge in [-0.25, -0.2) is 0 Å². The lowest BCUT2D eigenvalue weighted by Crippen LogP contribution is -2.54. The number of fused-ring (bicyclic) bond motifs is 5. The van der Waals surface area contributed by atoms with Gasteiger partial charge in [-0.3, -0.25) is 0 Å². The molecule has 0 aliphatic heterocycles. The second-order valence-electron chi connectivity index (χ2n) is 14.3. The summed E-state index contributed by atoms with van der Waals surface area (Å²) in [6, 6.07) is 0. The van der Waals surface area contributed by atoms with Crippen LogP contribution in [-0.4, -0.2) is 11.3 Å². The summed E-state index contributed by atoms with van der Waals surface area (Å²) in [4.78, 5) is 0. The van der Waals surface area contributed by atoms with E-state index in [2.05, 4.69) is 82.2 Å². The number of rotatable bonds is 5. The Morgan fingerprint density at radius 3 is 2.46 bits per heavy atom. The van der Waals surface area contributed by atoms with Crippen molar-refractivity contribution in [1.29, 1.82) is 0 Å².